The number of fused-ring (bicyclic) bond motifs is 2. The summed E-state index contributed by atoms with van der Waals surface area (Å²) in [6.45, 7) is 4.35. The zero-order valence-corrected chi connectivity index (χ0v) is 17.5. The summed E-state index contributed by atoms with van der Waals surface area (Å²) in [5.74, 6) is -3.28. The Kier molecular flexibility index (Phi) is 5.11. The number of carbonyl (C=O) groups is 3. The molecule has 0 fully saturated rings. The third-order valence-electron chi connectivity index (χ3n) is 5.67. The van der Waals surface area contributed by atoms with Gasteiger partial charge in [0.05, 0.1) is 0 Å². The van der Waals surface area contributed by atoms with Crippen molar-refractivity contribution in [3.8, 4) is 0 Å². The molecule has 0 bridgehead atoms. The van der Waals surface area contributed by atoms with E-state index in [-0.39, 0.29) is 5.41 Å². The smallest absolute Gasteiger partial charge is 0.330 e. The van der Waals surface area contributed by atoms with Gasteiger partial charge in [-0.25, -0.2) is 4.79 Å². The number of aliphatic hydroxyl groups excluding tert-OH is 1. The van der Waals surface area contributed by atoms with Crippen LogP contribution in [-0.2, 0) is 14.4 Å². The SMILES string of the molecule is CC1(C)CCC2=C(C1)SN1NC(O)=C(C(=O)NC(C(=O)O)c3ccccc3)C(=O)C21. The first-order valence-electron chi connectivity index (χ1n) is 9.70. The van der Waals surface area contributed by atoms with E-state index in [1.165, 1.54) is 11.9 Å². The van der Waals surface area contributed by atoms with Crippen LogP contribution in [0.15, 0.2) is 52.3 Å². The van der Waals surface area contributed by atoms with Gasteiger partial charge in [-0.1, -0.05) is 44.2 Å². The molecule has 0 radical (unpaired) electrons. The molecule has 30 heavy (non-hydrogen) atoms. The number of allylic oxidation sites excluding steroid dienone is 1. The average Bonchev–Trinajstić information content (AvgIpc) is 3.02. The highest BCUT2D eigenvalue weighted by atomic mass is 32.2. The lowest BCUT2D eigenvalue weighted by molar-refractivity contribution is -0.142. The number of rotatable bonds is 4. The summed E-state index contributed by atoms with van der Waals surface area (Å²) in [5, 5.41) is 22.3. The van der Waals surface area contributed by atoms with E-state index in [0.29, 0.717) is 5.56 Å². The van der Waals surface area contributed by atoms with E-state index < -0.39 is 41.2 Å². The molecule has 1 aromatic rings. The molecule has 1 amide bonds. The van der Waals surface area contributed by atoms with Crippen LogP contribution >= 0.6 is 11.9 Å². The van der Waals surface area contributed by atoms with Crippen molar-refractivity contribution in [1.82, 2.24) is 15.2 Å². The molecule has 4 rings (SSSR count). The number of carbonyl (C=O) groups excluding carboxylic acids is 2. The van der Waals surface area contributed by atoms with Gasteiger partial charge in [-0.2, -0.15) is 0 Å². The summed E-state index contributed by atoms with van der Waals surface area (Å²) in [6.07, 6.45) is 2.49. The molecular weight excluding hydrogens is 406 g/mol. The lowest BCUT2D eigenvalue weighted by Gasteiger charge is -2.32. The van der Waals surface area contributed by atoms with Crippen LogP contribution in [0, 0.1) is 5.41 Å². The Morgan fingerprint density at radius 3 is 2.67 bits per heavy atom. The Balaban J connectivity index is 1.59. The normalized spacial score (nSPS) is 24.1. The van der Waals surface area contributed by atoms with Gasteiger partial charge in [0.1, 0.15) is 11.6 Å². The summed E-state index contributed by atoms with van der Waals surface area (Å²) in [7, 11) is 0. The van der Waals surface area contributed by atoms with Gasteiger partial charge in [-0.15, -0.1) is 4.41 Å². The third kappa shape index (κ3) is 3.59. The van der Waals surface area contributed by atoms with Crippen molar-refractivity contribution in [2.24, 2.45) is 5.41 Å². The number of carboxylic acid groups (broad SMARTS) is 1. The zero-order valence-electron chi connectivity index (χ0n) is 16.6. The Morgan fingerprint density at radius 1 is 1.30 bits per heavy atom. The molecule has 9 heteroatoms. The fraction of sp³-hybridized carbons (Fsp3) is 0.381. The minimum atomic E-state index is -1.34. The van der Waals surface area contributed by atoms with Crippen LogP contribution in [0.1, 0.15) is 44.7 Å². The Bertz CT molecular complexity index is 986. The minimum Gasteiger partial charge on any atom is -0.493 e. The molecule has 2 heterocycles. The maximum Gasteiger partial charge on any atom is 0.330 e. The molecule has 3 aliphatic rings. The van der Waals surface area contributed by atoms with E-state index in [1.807, 2.05) is 0 Å². The number of hydrogen-bond acceptors (Lipinski definition) is 7. The second-order valence-electron chi connectivity index (χ2n) is 8.46. The topological polar surface area (TPSA) is 119 Å². The van der Waals surface area contributed by atoms with E-state index in [1.54, 1.807) is 34.7 Å². The fourth-order valence-corrected chi connectivity index (χ4v) is 5.55. The third-order valence-corrected chi connectivity index (χ3v) is 6.80. The van der Waals surface area contributed by atoms with Crippen molar-refractivity contribution in [3.05, 3.63) is 57.8 Å². The Morgan fingerprint density at radius 2 is 2.00 bits per heavy atom. The first kappa shape index (κ1) is 20.5. The Labute approximate surface area is 178 Å². The molecular formula is C21H23N3O5S. The van der Waals surface area contributed by atoms with Crippen LogP contribution < -0.4 is 10.7 Å². The number of ketones is 1. The fourth-order valence-electron chi connectivity index (χ4n) is 4.06. The van der Waals surface area contributed by atoms with Crippen LogP contribution in [0.5, 0.6) is 0 Å². The van der Waals surface area contributed by atoms with Crippen molar-refractivity contribution >= 4 is 29.6 Å². The number of nitrogens with zero attached hydrogens (tertiary/aromatic N) is 1. The van der Waals surface area contributed by atoms with Crippen LogP contribution in [0.4, 0.5) is 0 Å². The number of hydrogen-bond donors (Lipinski definition) is 4. The van der Waals surface area contributed by atoms with Gasteiger partial charge in [0.2, 0.25) is 5.88 Å². The molecule has 2 unspecified atom stereocenters. The number of amides is 1. The van der Waals surface area contributed by atoms with Gasteiger partial charge in [-0.3, -0.25) is 15.0 Å². The summed E-state index contributed by atoms with van der Waals surface area (Å²) in [6, 6.07) is 6.18. The molecule has 0 saturated carbocycles. The first-order valence-corrected chi connectivity index (χ1v) is 10.5. The van der Waals surface area contributed by atoms with Crippen molar-refractivity contribution in [3.63, 3.8) is 0 Å². The predicted octanol–water partition coefficient (Wildman–Crippen LogP) is 2.58. The van der Waals surface area contributed by atoms with Gasteiger partial charge < -0.3 is 15.5 Å². The van der Waals surface area contributed by atoms with Gasteiger partial charge in [-0.05, 0) is 47.8 Å². The number of benzene rings is 1. The van der Waals surface area contributed by atoms with Gasteiger partial charge in [0, 0.05) is 4.91 Å². The van der Waals surface area contributed by atoms with Crippen molar-refractivity contribution in [2.45, 2.75) is 45.2 Å². The number of hydrazine groups is 1. The van der Waals surface area contributed by atoms with E-state index >= 15 is 0 Å². The van der Waals surface area contributed by atoms with Crippen LogP contribution in [0.25, 0.3) is 0 Å². The minimum absolute atomic E-state index is 0.129. The molecule has 1 aliphatic carbocycles. The van der Waals surface area contributed by atoms with Crippen LogP contribution in [-0.4, -0.2) is 38.3 Å². The van der Waals surface area contributed by atoms with Crippen LogP contribution in [0.3, 0.4) is 0 Å². The molecule has 0 spiro atoms. The van der Waals surface area contributed by atoms with E-state index in [9.17, 15) is 24.6 Å². The van der Waals surface area contributed by atoms with Gasteiger partial charge in [0.25, 0.3) is 5.91 Å². The zero-order chi connectivity index (χ0) is 21.6. The molecule has 158 valence electrons. The number of aliphatic carboxylic acids is 1. The lowest BCUT2D eigenvalue weighted by atomic mass is 9.76. The van der Waals surface area contributed by atoms with Gasteiger partial charge >= 0.3 is 5.97 Å². The van der Waals surface area contributed by atoms with E-state index in [2.05, 4.69) is 24.6 Å². The Hall–Kier alpha value is -2.78. The summed E-state index contributed by atoms with van der Waals surface area (Å²) in [5.41, 5.74) is 3.74. The monoisotopic (exact) mass is 429 g/mol. The highest BCUT2D eigenvalue weighted by Crippen LogP contribution is 2.51. The summed E-state index contributed by atoms with van der Waals surface area (Å²) >= 11 is 1.38. The average molecular weight is 429 g/mol. The lowest BCUT2D eigenvalue weighted by Crippen LogP contribution is -2.52. The molecule has 4 N–H and O–H groups in total. The van der Waals surface area contributed by atoms with E-state index in [0.717, 1.165) is 29.7 Å². The standard InChI is InChI=1S/C21H23N3O5S/c1-21(2)9-8-12-13(10-21)30-24-16(12)17(25)14(19(27)23-24)18(26)22-15(20(28)29)11-6-4-3-5-7-11/h3-7,15-16,23,27H,8-10H2,1-2H3,(H,22,26)(H,28,29). The highest BCUT2D eigenvalue weighted by Gasteiger charge is 2.48. The summed E-state index contributed by atoms with van der Waals surface area (Å²) < 4.78 is 1.58. The largest absolute Gasteiger partial charge is 0.493 e. The maximum absolute atomic E-state index is 13.2. The van der Waals surface area contributed by atoms with Crippen molar-refractivity contribution in [1.29, 1.82) is 0 Å². The molecule has 0 aromatic heterocycles. The quantitative estimate of drug-likeness (QED) is 0.426. The maximum atomic E-state index is 13.2. The molecule has 2 aliphatic heterocycles. The van der Waals surface area contributed by atoms with Crippen molar-refractivity contribution in [2.75, 3.05) is 0 Å². The molecule has 0 saturated heterocycles. The predicted molar refractivity (Wildman–Crippen MR) is 111 cm³/mol. The molecule has 2 atom stereocenters. The van der Waals surface area contributed by atoms with E-state index in [4.69, 9.17) is 0 Å². The number of Topliss-reactive ketones (excluding diaryl/α,β-unsaturated/α-hetero) is 1. The number of aliphatic hydroxyl groups is 1. The second-order valence-corrected chi connectivity index (χ2v) is 9.53. The number of nitrogens with one attached hydrogen (secondary N) is 2. The molecule has 1 aromatic carbocycles. The van der Waals surface area contributed by atoms with Crippen LogP contribution in [0.2, 0.25) is 0 Å². The number of carboxylic acids is 1. The second kappa shape index (κ2) is 7.48. The van der Waals surface area contributed by atoms with Gasteiger partial charge in [0.15, 0.2) is 11.8 Å². The highest BCUT2D eigenvalue weighted by molar-refractivity contribution is 8.01. The first-order chi connectivity index (χ1) is 14.2. The molecule has 8 nitrogen and oxygen atoms in total. The van der Waals surface area contributed by atoms with Crippen molar-refractivity contribution < 1.29 is 24.6 Å². The summed E-state index contributed by atoms with van der Waals surface area (Å²) in [4.78, 5) is 38.9.